The summed E-state index contributed by atoms with van der Waals surface area (Å²) in [5.74, 6) is 1.23. The van der Waals surface area contributed by atoms with Crippen LogP contribution >= 0.6 is 11.8 Å². The molecule has 212 valence electrons. The average Bonchev–Trinajstić information content (AvgIpc) is 3.64. The Bertz CT molecular complexity index is 1490. The molecule has 0 aliphatic carbocycles. The number of nitrogens with one attached hydrogen (secondary N) is 2. The van der Waals surface area contributed by atoms with Crippen molar-refractivity contribution < 1.29 is 23.5 Å². The first-order chi connectivity index (χ1) is 20.0. The number of fused-ring (bicyclic) bond motifs is 3. The Hall–Kier alpha value is -4.38. The van der Waals surface area contributed by atoms with Crippen molar-refractivity contribution >= 4 is 46.2 Å². The van der Waals surface area contributed by atoms with Gasteiger partial charge in [0.1, 0.15) is 23.4 Å². The van der Waals surface area contributed by atoms with Crippen molar-refractivity contribution in [2.75, 3.05) is 7.11 Å². The minimum atomic E-state index is -0.730. The van der Waals surface area contributed by atoms with Gasteiger partial charge in [-0.2, -0.15) is 0 Å². The van der Waals surface area contributed by atoms with Gasteiger partial charge in [-0.05, 0) is 43.2 Å². The highest BCUT2D eigenvalue weighted by atomic mass is 32.2. The fourth-order valence-electron chi connectivity index (χ4n) is 4.62. The molecule has 3 aromatic rings. The number of ether oxygens (including phenoxy) is 1. The lowest BCUT2D eigenvalue weighted by Crippen LogP contribution is -2.43. The Balaban J connectivity index is 1.26. The van der Waals surface area contributed by atoms with Gasteiger partial charge in [-0.15, -0.1) is 0 Å². The van der Waals surface area contributed by atoms with E-state index in [1.54, 1.807) is 25.5 Å². The van der Waals surface area contributed by atoms with Crippen LogP contribution in [-0.2, 0) is 27.5 Å². The zero-order valence-corrected chi connectivity index (χ0v) is 23.6. The Morgan fingerprint density at radius 1 is 1.07 bits per heavy atom. The Morgan fingerprint density at radius 3 is 2.66 bits per heavy atom. The van der Waals surface area contributed by atoms with Crippen LogP contribution in [0.3, 0.4) is 0 Å². The molecule has 41 heavy (non-hydrogen) atoms. The molecule has 0 saturated heterocycles. The second kappa shape index (κ2) is 12.9. The molecule has 2 aliphatic heterocycles. The predicted octanol–water partition coefficient (Wildman–Crippen LogP) is 4.17. The van der Waals surface area contributed by atoms with Gasteiger partial charge in [0.2, 0.25) is 11.8 Å². The number of carbonyl (C=O) groups is 3. The van der Waals surface area contributed by atoms with E-state index < -0.39 is 11.3 Å². The molecule has 2 aliphatic rings. The van der Waals surface area contributed by atoms with Crippen molar-refractivity contribution in [3.63, 3.8) is 0 Å². The normalized spacial score (nSPS) is 16.3. The Kier molecular flexibility index (Phi) is 8.83. The second-order valence-corrected chi connectivity index (χ2v) is 10.7. The summed E-state index contributed by atoms with van der Waals surface area (Å²) in [4.78, 5) is 50.2. The third kappa shape index (κ3) is 6.35. The number of nitrogens with zero attached hydrogens (tertiary/aromatic N) is 3. The molecule has 11 heteroatoms. The zero-order valence-electron chi connectivity index (χ0n) is 22.8. The molecule has 0 spiro atoms. The number of amides is 3. The van der Waals surface area contributed by atoms with Crippen LogP contribution in [0.1, 0.15) is 43.1 Å². The summed E-state index contributed by atoms with van der Waals surface area (Å²) in [6, 6.07) is 17.8. The van der Waals surface area contributed by atoms with Gasteiger partial charge >= 0.3 is 0 Å². The van der Waals surface area contributed by atoms with Gasteiger partial charge in [-0.25, -0.2) is 9.89 Å². The molecule has 0 fully saturated rings. The summed E-state index contributed by atoms with van der Waals surface area (Å²) in [5.41, 5.74) is 2.29. The van der Waals surface area contributed by atoms with E-state index in [9.17, 15) is 14.4 Å². The standard InChI is InChI=1S/C30H31N5O5S/c1-3-25(28(37)32-18-20-10-8-16-40-20)41-30-34-22-12-6-5-11-21(22)27-33-23(29(38)35(27)30)14-15-26(36)31-17-19-9-4-7-13-24(19)39-2/h4-13,16,23,25H,3,14-15,17-18H2,1-2H3,(H,31,36)(H,32,37)/t23-,25+/m1/s1. The lowest BCUT2D eigenvalue weighted by molar-refractivity contribution is -0.125. The van der Waals surface area contributed by atoms with Crippen LogP contribution in [0.2, 0.25) is 0 Å². The first kappa shape index (κ1) is 28.2. The van der Waals surface area contributed by atoms with Crippen LogP contribution in [-0.4, -0.2) is 52.0 Å². The highest BCUT2D eigenvalue weighted by molar-refractivity contribution is 8.15. The number of rotatable bonds is 11. The van der Waals surface area contributed by atoms with Crippen molar-refractivity contribution in [3.8, 4) is 5.75 Å². The maximum Gasteiger partial charge on any atom is 0.259 e. The number of hydrogen-bond donors (Lipinski definition) is 2. The molecule has 0 unspecified atom stereocenters. The SMILES string of the molecule is CC[C@H](SC1=Nc2ccccc2C2=N[C@H](CCC(=O)NCc3ccccc3OC)C(=O)N12)C(=O)NCc1ccco1. The largest absolute Gasteiger partial charge is 0.496 e. The Morgan fingerprint density at radius 2 is 1.88 bits per heavy atom. The van der Waals surface area contributed by atoms with E-state index >= 15 is 0 Å². The number of carbonyl (C=O) groups excluding carboxylic acids is 3. The van der Waals surface area contributed by atoms with Gasteiger partial charge < -0.3 is 19.8 Å². The fourth-order valence-corrected chi connectivity index (χ4v) is 5.66. The zero-order chi connectivity index (χ0) is 28.8. The lowest BCUT2D eigenvalue weighted by Gasteiger charge is -2.27. The van der Waals surface area contributed by atoms with E-state index in [1.807, 2.05) is 55.5 Å². The molecule has 2 aromatic carbocycles. The third-order valence-electron chi connectivity index (χ3n) is 6.79. The molecule has 2 atom stereocenters. The molecule has 10 nitrogen and oxygen atoms in total. The number of amidine groups is 2. The van der Waals surface area contributed by atoms with Gasteiger partial charge in [0.15, 0.2) is 5.17 Å². The topological polar surface area (TPSA) is 126 Å². The van der Waals surface area contributed by atoms with E-state index in [2.05, 4.69) is 10.6 Å². The van der Waals surface area contributed by atoms with Gasteiger partial charge in [0, 0.05) is 24.1 Å². The second-order valence-electron chi connectivity index (χ2n) is 9.49. The van der Waals surface area contributed by atoms with E-state index in [-0.39, 0.29) is 37.1 Å². The number of thioether (sulfide) groups is 1. The number of hydrogen-bond acceptors (Lipinski definition) is 8. The minimum Gasteiger partial charge on any atom is -0.496 e. The van der Waals surface area contributed by atoms with Crippen molar-refractivity contribution in [2.45, 2.75) is 50.6 Å². The van der Waals surface area contributed by atoms with Crippen molar-refractivity contribution in [1.82, 2.24) is 15.5 Å². The number of furan rings is 1. The van der Waals surface area contributed by atoms with E-state index in [0.29, 0.717) is 41.2 Å². The predicted molar refractivity (Wildman–Crippen MR) is 157 cm³/mol. The fraction of sp³-hybridized carbons (Fsp3) is 0.300. The molecular formula is C30H31N5O5S. The molecule has 0 saturated carbocycles. The van der Waals surface area contributed by atoms with Gasteiger partial charge in [0.25, 0.3) is 5.91 Å². The third-order valence-corrected chi connectivity index (χ3v) is 8.11. The smallest absolute Gasteiger partial charge is 0.259 e. The number of aliphatic imine (C=N–C) groups is 2. The minimum absolute atomic E-state index is 0.129. The maximum atomic E-state index is 13.6. The van der Waals surface area contributed by atoms with Crippen LogP contribution in [0.15, 0.2) is 81.3 Å². The molecule has 5 rings (SSSR count). The van der Waals surface area contributed by atoms with Gasteiger partial charge in [-0.1, -0.05) is 49.0 Å². The van der Waals surface area contributed by atoms with E-state index in [1.165, 1.54) is 16.7 Å². The number of benzene rings is 2. The quantitative estimate of drug-likeness (QED) is 0.355. The van der Waals surface area contributed by atoms with Crippen LogP contribution in [0.4, 0.5) is 5.69 Å². The summed E-state index contributed by atoms with van der Waals surface area (Å²) in [6.07, 6.45) is 2.46. The summed E-state index contributed by atoms with van der Waals surface area (Å²) in [6.45, 7) is 2.51. The monoisotopic (exact) mass is 573 g/mol. The molecule has 3 amide bonds. The van der Waals surface area contributed by atoms with Crippen molar-refractivity contribution in [3.05, 3.63) is 83.8 Å². The molecule has 3 heterocycles. The van der Waals surface area contributed by atoms with Crippen LogP contribution in [0, 0.1) is 0 Å². The molecule has 0 radical (unpaired) electrons. The van der Waals surface area contributed by atoms with E-state index in [4.69, 9.17) is 19.1 Å². The summed E-state index contributed by atoms with van der Waals surface area (Å²) in [5, 5.41) is 5.71. The van der Waals surface area contributed by atoms with E-state index in [0.717, 1.165) is 11.1 Å². The Labute approximate surface area is 242 Å². The summed E-state index contributed by atoms with van der Waals surface area (Å²) in [7, 11) is 1.59. The van der Waals surface area contributed by atoms with Crippen LogP contribution < -0.4 is 15.4 Å². The van der Waals surface area contributed by atoms with Crippen molar-refractivity contribution in [2.24, 2.45) is 9.98 Å². The molecule has 0 bridgehead atoms. The first-order valence-electron chi connectivity index (χ1n) is 13.4. The number of para-hydroxylation sites is 2. The van der Waals surface area contributed by atoms with Gasteiger partial charge in [0.05, 0.1) is 30.9 Å². The number of methoxy groups -OCH3 is 1. The summed E-state index contributed by atoms with van der Waals surface area (Å²) < 4.78 is 10.7. The summed E-state index contributed by atoms with van der Waals surface area (Å²) >= 11 is 1.23. The van der Waals surface area contributed by atoms with Crippen molar-refractivity contribution in [1.29, 1.82) is 0 Å². The first-order valence-corrected chi connectivity index (χ1v) is 14.3. The molecule has 1 aromatic heterocycles. The van der Waals surface area contributed by atoms with Crippen LogP contribution in [0.5, 0.6) is 5.75 Å². The lowest BCUT2D eigenvalue weighted by atomic mass is 10.1. The van der Waals surface area contributed by atoms with Gasteiger partial charge in [-0.3, -0.25) is 19.4 Å². The average molecular weight is 574 g/mol. The highest BCUT2D eigenvalue weighted by Gasteiger charge is 2.42. The van der Waals surface area contributed by atoms with Crippen LogP contribution in [0.25, 0.3) is 0 Å². The highest BCUT2D eigenvalue weighted by Crippen LogP contribution is 2.36. The molecule has 2 N–H and O–H groups in total. The maximum absolute atomic E-state index is 13.6. The molecular weight excluding hydrogens is 542 g/mol.